The van der Waals surface area contributed by atoms with Crippen molar-refractivity contribution < 1.29 is 0 Å². The second-order valence-electron chi connectivity index (χ2n) is 3.99. The molecule has 82 valence electrons. The Morgan fingerprint density at radius 1 is 0.643 bits per heavy atom. The standard InChI is InChI=1S/C10H18S4/c1-9(11-5-3-6-12-9)10(2)13-7-4-8-14-10/h3-8H2,1-2H3. The smallest absolute Gasteiger partial charge is 0.0817 e. The summed E-state index contributed by atoms with van der Waals surface area (Å²) in [5.74, 6) is 5.45. The van der Waals surface area contributed by atoms with E-state index >= 15 is 0 Å². The maximum atomic E-state index is 2.47. The lowest BCUT2D eigenvalue weighted by Gasteiger charge is -2.48. The van der Waals surface area contributed by atoms with Gasteiger partial charge in [-0.25, -0.2) is 0 Å². The number of hydrogen-bond donors (Lipinski definition) is 0. The van der Waals surface area contributed by atoms with E-state index in [-0.39, 0.29) is 0 Å². The summed E-state index contributed by atoms with van der Waals surface area (Å²) >= 11 is 8.77. The molecule has 0 unspecified atom stereocenters. The summed E-state index contributed by atoms with van der Waals surface area (Å²) in [7, 11) is 0. The van der Waals surface area contributed by atoms with Gasteiger partial charge in [-0.2, -0.15) is 0 Å². The molecule has 0 nitrogen and oxygen atoms in total. The van der Waals surface area contributed by atoms with Gasteiger partial charge in [-0.05, 0) is 49.7 Å². The van der Waals surface area contributed by atoms with E-state index in [0.717, 1.165) is 0 Å². The monoisotopic (exact) mass is 266 g/mol. The highest BCUT2D eigenvalue weighted by Gasteiger charge is 2.48. The summed E-state index contributed by atoms with van der Waals surface area (Å²) in [6.45, 7) is 4.93. The molecule has 2 rings (SSSR count). The molecule has 0 aromatic heterocycles. The fraction of sp³-hybridized carbons (Fsp3) is 1.00. The van der Waals surface area contributed by atoms with E-state index in [2.05, 4.69) is 60.9 Å². The first-order valence-electron chi connectivity index (χ1n) is 5.22. The fourth-order valence-electron chi connectivity index (χ4n) is 1.79. The third kappa shape index (κ3) is 2.23. The van der Waals surface area contributed by atoms with Crippen molar-refractivity contribution in [2.24, 2.45) is 0 Å². The summed E-state index contributed by atoms with van der Waals surface area (Å²) in [4.78, 5) is 0. The highest BCUT2D eigenvalue weighted by atomic mass is 32.2. The zero-order chi connectivity index (χ0) is 10.1. The molecule has 0 N–H and O–H groups in total. The average Bonchev–Trinajstić information content (AvgIpc) is 2.20. The predicted molar refractivity (Wildman–Crippen MR) is 75.9 cm³/mol. The molecule has 0 aromatic carbocycles. The van der Waals surface area contributed by atoms with Crippen molar-refractivity contribution in [3.63, 3.8) is 0 Å². The van der Waals surface area contributed by atoms with E-state index in [4.69, 9.17) is 0 Å². The Morgan fingerprint density at radius 2 is 0.929 bits per heavy atom. The van der Waals surface area contributed by atoms with Crippen molar-refractivity contribution in [1.29, 1.82) is 0 Å². The van der Waals surface area contributed by atoms with Gasteiger partial charge in [0.1, 0.15) is 0 Å². The van der Waals surface area contributed by atoms with E-state index in [0.29, 0.717) is 8.16 Å². The molecule has 2 heterocycles. The summed E-state index contributed by atoms with van der Waals surface area (Å²) in [6, 6.07) is 0. The predicted octanol–water partition coefficient (Wildman–Crippen LogP) is 4.16. The van der Waals surface area contributed by atoms with Gasteiger partial charge in [-0.15, -0.1) is 47.0 Å². The normalized spacial score (nSPS) is 31.3. The topological polar surface area (TPSA) is 0 Å². The largest absolute Gasteiger partial charge is 0.142 e. The molecule has 14 heavy (non-hydrogen) atoms. The maximum Gasteiger partial charge on any atom is 0.0817 e. The van der Waals surface area contributed by atoms with E-state index < -0.39 is 0 Å². The molecule has 0 aromatic rings. The van der Waals surface area contributed by atoms with Gasteiger partial charge in [-0.3, -0.25) is 0 Å². The average molecular weight is 267 g/mol. The SMILES string of the molecule is CC1(C2(C)SCCCS2)SCCCS1. The van der Waals surface area contributed by atoms with Crippen LogP contribution in [0, 0.1) is 0 Å². The van der Waals surface area contributed by atoms with Crippen LogP contribution in [0.5, 0.6) is 0 Å². The Bertz CT molecular complexity index is 170. The molecule has 0 aliphatic carbocycles. The van der Waals surface area contributed by atoms with Gasteiger partial charge in [0.15, 0.2) is 0 Å². The maximum absolute atomic E-state index is 2.47. The zero-order valence-corrected chi connectivity index (χ0v) is 12.1. The summed E-state index contributed by atoms with van der Waals surface area (Å²) in [6.07, 6.45) is 2.80. The van der Waals surface area contributed by atoms with Crippen LogP contribution in [-0.4, -0.2) is 31.2 Å². The van der Waals surface area contributed by atoms with Crippen LogP contribution in [0.25, 0.3) is 0 Å². The molecule has 2 fully saturated rings. The lowest BCUT2D eigenvalue weighted by atomic mass is 10.3. The molecule has 0 saturated carbocycles. The second-order valence-corrected chi connectivity index (χ2v) is 10.6. The van der Waals surface area contributed by atoms with Gasteiger partial charge in [0.2, 0.25) is 0 Å². The first kappa shape index (κ1) is 11.9. The van der Waals surface area contributed by atoms with Crippen LogP contribution in [0.2, 0.25) is 0 Å². The Morgan fingerprint density at radius 3 is 1.21 bits per heavy atom. The number of thioether (sulfide) groups is 4. The van der Waals surface area contributed by atoms with Crippen LogP contribution in [-0.2, 0) is 0 Å². The third-order valence-electron chi connectivity index (χ3n) is 2.91. The Kier molecular flexibility index (Phi) is 4.00. The van der Waals surface area contributed by atoms with E-state index in [1.165, 1.54) is 35.9 Å². The minimum Gasteiger partial charge on any atom is -0.142 e. The molecule has 2 saturated heterocycles. The zero-order valence-electron chi connectivity index (χ0n) is 8.88. The van der Waals surface area contributed by atoms with Gasteiger partial charge >= 0.3 is 0 Å². The van der Waals surface area contributed by atoms with Crippen molar-refractivity contribution in [2.75, 3.05) is 23.0 Å². The van der Waals surface area contributed by atoms with Crippen LogP contribution in [0.3, 0.4) is 0 Å². The highest BCUT2D eigenvalue weighted by Crippen LogP contribution is 2.60. The van der Waals surface area contributed by atoms with Crippen molar-refractivity contribution in [3.8, 4) is 0 Å². The Hall–Kier alpha value is 1.40. The van der Waals surface area contributed by atoms with Crippen LogP contribution in [0.15, 0.2) is 0 Å². The molecule has 0 spiro atoms. The van der Waals surface area contributed by atoms with Crippen molar-refractivity contribution in [1.82, 2.24) is 0 Å². The summed E-state index contributed by atoms with van der Waals surface area (Å²) in [5.41, 5.74) is 0. The van der Waals surface area contributed by atoms with Gasteiger partial charge in [0, 0.05) is 0 Å². The second kappa shape index (κ2) is 4.72. The first-order chi connectivity index (χ1) is 6.66. The molecular formula is C10H18S4. The molecule has 4 heteroatoms. The highest BCUT2D eigenvalue weighted by molar-refractivity contribution is 8.25. The number of rotatable bonds is 1. The van der Waals surface area contributed by atoms with Crippen LogP contribution in [0.4, 0.5) is 0 Å². The molecule has 0 radical (unpaired) electrons. The van der Waals surface area contributed by atoms with E-state index in [1.807, 2.05) is 0 Å². The fourth-order valence-corrected chi connectivity index (χ4v) is 9.00. The summed E-state index contributed by atoms with van der Waals surface area (Å²) < 4.78 is 0.891. The van der Waals surface area contributed by atoms with Crippen LogP contribution >= 0.6 is 47.0 Å². The van der Waals surface area contributed by atoms with Gasteiger partial charge < -0.3 is 0 Å². The van der Waals surface area contributed by atoms with E-state index in [1.54, 1.807) is 0 Å². The molecule has 0 atom stereocenters. The van der Waals surface area contributed by atoms with Crippen molar-refractivity contribution in [3.05, 3.63) is 0 Å². The van der Waals surface area contributed by atoms with E-state index in [9.17, 15) is 0 Å². The Labute approximate surface area is 105 Å². The minimum atomic E-state index is 0.445. The molecular weight excluding hydrogens is 248 g/mol. The molecule has 0 bridgehead atoms. The molecule has 0 amide bonds. The summed E-state index contributed by atoms with van der Waals surface area (Å²) in [5, 5.41) is 0. The Balaban J connectivity index is 2.09. The van der Waals surface area contributed by atoms with Gasteiger partial charge in [0.05, 0.1) is 8.16 Å². The number of hydrogen-bond acceptors (Lipinski definition) is 4. The third-order valence-corrected chi connectivity index (χ3v) is 10.7. The van der Waals surface area contributed by atoms with Gasteiger partial charge in [-0.1, -0.05) is 0 Å². The van der Waals surface area contributed by atoms with Gasteiger partial charge in [0.25, 0.3) is 0 Å². The molecule has 2 aliphatic rings. The molecule has 2 aliphatic heterocycles. The first-order valence-corrected chi connectivity index (χ1v) is 9.16. The lowest BCUT2D eigenvalue weighted by Crippen LogP contribution is -2.43. The van der Waals surface area contributed by atoms with Crippen molar-refractivity contribution in [2.45, 2.75) is 34.8 Å². The van der Waals surface area contributed by atoms with Crippen molar-refractivity contribution >= 4 is 47.0 Å². The quantitative estimate of drug-likeness (QED) is 0.698. The minimum absolute atomic E-state index is 0.445. The van der Waals surface area contributed by atoms with Crippen LogP contribution in [0.1, 0.15) is 26.7 Å². The lowest BCUT2D eigenvalue weighted by molar-refractivity contribution is 0.789. The van der Waals surface area contributed by atoms with Crippen LogP contribution < -0.4 is 0 Å².